The molecular formula is C17H18F3N3O4. The number of carbonyl (C=O) groups excluding carboxylic acids is 3. The van der Waals surface area contributed by atoms with Crippen LogP contribution in [-0.4, -0.2) is 53.9 Å². The van der Waals surface area contributed by atoms with Crippen molar-refractivity contribution in [2.24, 2.45) is 5.10 Å². The van der Waals surface area contributed by atoms with Crippen molar-refractivity contribution in [3.63, 3.8) is 0 Å². The van der Waals surface area contributed by atoms with Crippen molar-refractivity contribution in [3.8, 4) is 0 Å². The predicted octanol–water partition coefficient (Wildman–Crippen LogP) is 1.62. The Bertz CT molecular complexity index is 735. The molecule has 1 aliphatic heterocycles. The summed E-state index contributed by atoms with van der Waals surface area (Å²) in [4.78, 5) is 35.5. The number of nitrogens with zero attached hydrogens (tertiary/aromatic N) is 2. The average molecular weight is 385 g/mol. The molecule has 146 valence electrons. The van der Waals surface area contributed by atoms with Gasteiger partial charge in [0.2, 0.25) is 0 Å². The number of benzene rings is 1. The number of nitrogens with one attached hydrogen (secondary N) is 1. The molecule has 1 aromatic carbocycles. The molecule has 0 spiro atoms. The van der Waals surface area contributed by atoms with E-state index in [1.165, 1.54) is 0 Å². The molecule has 1 aromatic rings. The summed E-state index contributed by atoms with van der Waals surface area (Å²) in [5, 5.41) is 6.56. The SMILES string of the molecule is CCOC(=O)CN1N=C(c2ccccc2)CC[C@H](NC(=O)C(F)(F)F)C1=O. The van der Waals surface area contributed by atoms with Gasteiger partial charge in [0.05, 0.1) is 12.3 Å². The van der Waals surface area contributed by atoms with Crippen LogP contribution in [-0.2, 0) is 19.1 Å². The molecule has 1 N–H and O–H groups in total. The molecule has 1 atom stereocenters. The number of alkyl halides is 3. The van der Waals surface area contributed by atoms with Crippen LogP contribution in [0.3, 0.4) is 0 Å². The van der Waals surface area contributed by atoms with Gasteiger partial charge in [-0.05, 0) is 25.3 Å². The second-order valence-electron chi connectivity index (χ2n) is 5.68. The van der Waals surface area contributed by atoms with Crippen LogP contribution < -0.4 is 5.32 Å². The third-order valence-corrected chi connectivity index (χ3v) is 3.72. The fourth-order valence-corrected chi connectivity index (χ4v) is 2.48. The van der Waals surface area contributed by atoms with Crippen LogP contribution >= 0.6 is 0 Å². The van der Waals surface area contributed by atoms with E-state index in [9.17, 15) is 27.6 Å². The fraction of sp³-hybridized carbons (Fsp3) is 0.412. The van der Waals surface area contributed by atoms with Gasteiger partial charge in [0.1, 0.15) is 12.6 Å². The fourth-order valence-electron chi connectivity index (χ4n) is 2.48. The predicted molar refractivity (Wildman–Crippen MR) is 88.5 cm³/mol. The van der Waals surface area contributed by atoms with E-state index >= 15 is 0 Å². The molecule has 1 heterocycles. The molecule has 0 bridgehead atoms. The third-order valence-electron chi connectivity index (χ3n) is 3.72. The van der Waals surface area contributed by atoms with Gasteiger partial charge >= 0.3 is 18.1 Å². The van der Waals surface area contributed by atoms with E-state index in [2.05, 4.69) is 5.10 Å². The lowest BCUT2D eigenvalue weighted by molar-refractivity contribution is -0.175. The van der Waals surface area contributed by atoms with E-state index in [4.69, 9.17) is 4.74 Å². The van der Waals surface area contributed by atoms with Crippen LogP contribution in [0.5, 0.6) is 0 Å². The van der Waals surface area contributed by atoms with E-state index in [1.807, 2.05) is 0 Å². The van der Waals surface area contributed by atoms with Gasteiger partial charge < -0.3 is 10.1 Å². The lowest BCUT2D eigenvalue weighted by Crippen LogP contribution is -2.50. The molecule has 7 nitrogen and oxygen atoms in total. The smallest absolute Gasteiger partial charge is 0.465 e. The Balaban J connectivity index is 2.28. The van der Waals surface area contributed by atoms with Gasteiger partial charge in [-0.15, -0.1) is 0 Å². The summed E-state index contributed by atoms with van der Waals surface area (Å²) in [5.41, 5.74) is 1.07. The third kappa shape index (κ3) is 5.53. The standard InChI is InChI=1S/C17H18F3N3O4/c1-2-27-14(24)10-23-15(25)13(21-16(26)17(18,19)20)9-8-12(22-23)11-6-4-3-5-7-11/h3-7,13H,2,8-10H2,1H3,(H,21,26)/t13-/m0/s1. The summed E-state index contributed by atoms with van der Waals surface area (Å²) in [6.45, 7) is 1.08. The quantitative estimate of drug-likeness (QED) is 0.781. The molecule has 0 saturated heterocycles. The van der Waals surface area contributed by atoms with Gasteiger partial charge in [0.15, 0.2) is 0 Å². The number of hydrogen-bond donors (Lipinski definition) is 1. The molecule has 0 unspecified atom stereocenters. The Kier molecular flexibility index (Phi) is 6.54. The molecule has 0 saturated carbocycles. The molecule has 1 aliphatic rings. The lowest BCUT2D eigenvalue weighted by atomic mass is 10.0. The second kappa shape index (κ2) is 8.65. The maximum absolute atomic E-state index is 12.6. The molecule has 0 fully saturated rings. The van der Waals surface area contributed by atoms with Crippen molar-refractivity contribution in [2.75, 3.05) is 13.2 Å². The first-order chi connectivity index (χ1) is 12.7. The maximum atomic E-state index is 12.6. The van der Waals surface area contributed by atoms with Crippen LogP contribution in [0.15, 0.2) is 35.4 Å². The van der Waals surface area contributed by atoms with Gasteiger partial charge in [-0.2, -0.15) is 18.3 Å². The van der Waals surface area contributed by atoms with Crippen LogP contribution in [0.1, 0.15) is 25.3 Å². The second-order valence-corrected chi connectivity index (χ2v) is 5.68. The minimum atomic E-state index is -5.12. The molecule has 27 heavy (non-hydrogen) atoms. The Hall–Kier alpha value is -2.91. The summed E-state index contributed by atoms with van der Waals surface area (Å²) in [6, 6.07) is 7.24. The van der Waals surface area contributed by atoms with Crippen molar-refractivity contribution in [2.45, 2.75) is 32.0 Å². The van der Waals surface area contributed by atoms with Crippen molar-refractivity contribution < 1.29 is 32.3 Å². The highest BCUT2D eigenvalue weighted by Gasteiger charge is 2.42. The molecule has 0 radical (unpaired) electrons. The van der Waals surface area contributed by atoms with Crippen molar-refractivity contribution in [1.29, 1.82) is 0 Å². The number of hydrogen-bond acceptors (Lipinski definition) is 5. The van der Waals surface area contributed by atoms with E-state index in [-0.39, 0.29) is 19.4 Å². The molecule has 2 rings (SSSR count). The van der Waals surface area contributed by atoms with Crippen molar-refractivity contribution in [3.05, 3.63) is 35.9 Å². The molecule has 10 heteroatoms. The first-order valence-corrected chi connectivity index (χ1v) is 8.20. The summed E-state index contributed by atoms with van der Waals surface area (Å²) in [6.07, 6.45) is -5.08. The first kappa shape index (κ1) is 20.4. The molecule has 0 aliphatic carbocycles. The largest absolute Gasteiger partial charge is 0.471 e. The van der Waals surface area contributed by atoms with Gasteiger partial charge in [-0.25, -0.2) is 5.01 Å². The Labute approximate surface area is 153 Å². The summed E-state index contributed by atoms with van der Waals surface area (Å²) >= 11 is 0. The van der Waals surface area contributed by atoms with Gasteiger partial charge in [0.25, 0.3) is 5.91 Å². The van der Waals surface area contributed by atoms with Crippen LogP contribution in [0.25, 0.3) is 0 Å². The van der Waals surface area contributed by atoms with Crippen molar-refractivity contribution in [1.82, 2.24) is 10.3 Å². The first-order valence-electron chi connectivity index (χ1n) is 8.20. The van der Waals surface area contributed by atoms with E-state index in [1.54, 1.807) is 42.6 Å². The normalized spacial score (nSPS) is 17.8. The van der Waals surface area contributed by atoms with Crippen LogP contribution in [0.2, 0.25) is 0 Å². The van der Waals surface area contributed by atoms with Gasteiger partial charge in [-0.1, -0.05) is 30.3 Å². The monoisotopic (exact) mass is 385 g/mol. The van der Waals surface area contributed by atoms with Crippen LogP contribution in [0.4, 0.5) is 13.2 Å². The highest BCUT2D eigenvalue weighted by Crippen LogP contribution is 2.19. The number of hydrazone groups is 1. The summed E-state index contributed by atoms with van der Waals surface area (Å²) in [7, 11) is 0. The minimum absolute atomic E-state index is 0.0738. The summed E-state index contributed by atoms with van der Waals surface area (Å²) in [5.74, 6) is -3.89. The van der Waals surface area contributed by atoms with Crippen molar-refractivity contribution >= 4 is 23.5 Å². The zero-order valence-corrected chi connectivity index (χ0v) is 14.5. The number of rotatable bonds is 5. The van der Waals surface area contributed by atoms with E-state index < -0.39 is 36.5 Å². The zero-order valence-electron chi connectivity index (χ0n) is 14.5. The maximum Gasteiger partial charge on any atom is 0.471 e. The Morgan fingerprint density at radius 1 is 1.30 bits per heavy atom. The molecular weight excluding hydrogens is 367 g/mol. The van der Waals surface area contributed by atoms with E-state index in [0.717, 1.165) is 5.01 Å². The molecule has 2 amide bonds. The van der Waals surface area contributed by atoms with Gasteiger partial charge in [-0.3, -0.25) is 14.4 Å². The minimum Gasteiger partial charge on any atom is -0.465 e. The number of halogens is 3. The highest BCUT2D eigenvalue weighted by atomic mass is 19.4. The number of esters is 1. The van der Waals surface area contributed by atoms with Gasteiger partial charge in [0, 0.05) is 0 Å². The van der Waals surface area contributed by atoms with Crippen LogP contribution in [0, 0.1) is 0 Å². The number of ether oxygens (including phenoxy) is 1. The summed E-state index contributed by atoms with van der Waals surface area (Å²) < 4.78 is 42.4. The highest BCUT2D eigenvalue weighted by molar-refractivity contribution is 6.03. The average Bonchev–Trinajstić information content (AvgIpc) is 2.76. The Morgan fingerprint density at radius 2 is 1.96 bits per heavy atom. The number of amides is 2. The number of carbonyl (C=O) groups is 3. The zero-order chi connectivity index (χ0) is 20.0. The molecule has 0 aromatic heterocycles. The lowest BCUT2D eigenvalue weighted by Gasteiger charge is -2.21. The topological polar surface area (TPSA) is 88.1 Å². The Morgan fingerprint density at radius 3 is 2.56 bits per heavy atom. The van der Waals surface area contributed by atoms with E-state index in [0.29, 0.717) is 11.3 Å².